The van der Waals surface area contributed by atoms with Gasteiger partial charge in [-0.3, -0.25) is 0 Å². The van der Waals surface area contributed by atoms with Crippen LogP contribution in [-0.2, 0) is 6.42 Å². The second kappa shape index (κ2) is 6.11. The molecule has 0 heterocycles. The molecule has 1 aliphatic rings. The van der Waals surface area contributed by atoms with Gasteiger partial charge in [0.25, 0.3) is 0 Å². The molecule has 2 aromatic carbocycles. The Bertz CT molecular complexity index is 589. The molecule has 104 valence electrons. The number of halogens is 1. The fourth-order valence-electron chi connectivity index (χ4n) is 2.95. The largest absolute Gasteiger partial charge is 0.324 e. The van der Waals surface area contributed by atoms with Crippen molar-refractivity contribution in [1.82, 2.24) is 0 Å². The van der Waals surface area contributed by atoms with Gasteiger partial charge < -0.3 is 5.73 Å². The van der Waals surface area contributed by atoms with E-state index < -0.39 is 0 Å². The lowest BCUT2D eigenvalue weighted by molar-refractivity contribution is 0.415. The summed E-state index contributed by atoms with van der Waals surface area (Å²) in [6.45, 7) is 0. The average Bonchev–Trinajstić information content (AvgIpc) is 2.40. The minimum Gasteiger partial charge on any atom is -0.324 e. The van der Waals surface area contributed by atoms with E-state index >= 15 is 0 Å². The van der Waals surface area contributed by atoms with E-state index in [0.29, 0.717) is 0 Å². The zero-order valence-electron chi connectivity index (χ0n) is 11.6. The van der Waals surface area contributed by atoms with Crippen molar-refractivity contribution in [3.63, 3.8) is 0 Å². The Kier molecular flexibility index (Phi) is 4.23. The predicted molar refractivity (Wildman–Crippen MR) is 87.8 cm³/mol. The van der Waals surface area contributed by atoms with Gasteiger partial charge in [0.1, 0.15) is 0 Å². The van der Waals surface area contributed by atoms with Crippen LogP contribution in [0.1, 0.15) is 47.9 Å². The van der Waals surface area contributed by atoms with Gasteiger partial charge in [-0.15, -0.1) is 0 Å². The lowest BCUT2D eigenvalue weighted by Gasteiger charge is -2.29. The van der Waals surface area contributed by atoms with Gasteiger partial charge in [0.05, 0.1) is 0 Å². The number of hydrogen-bond acceptors (Lipinski definition) is 1. The average molecular weight is 330 g/mol. The lowest BCUT2D eigenvalue weighted by Crippen LogP contribution is -2.19. The van der Waals surface area contributed by atoms with Gasteiger partial charge in [0.2, 0.25) is 0 Å². The van der Waals surface area contributed by atoms with Crippen molar-refractivity contribution in [3.8, 4) is 0 Å². The van der Waals surface area contributed by atoms with Crippen LogP contribution in [0.15, 0.2) is 53.0 Å². The van der Waals surface area contributed by atoms with Crippen molar-refractivity contribution in [1.29, 1.82) is 0 Å². The standard InChI is InChI=1S/C18H20BrN/c19-17-11-4-1-6-14(17)12-18(20)16-10-3-2-9-15(16)13-7-5-8-13/h1-4,6,9-11,13,18H,5,7-8,12,20H2. The van der Waals surface area contributed by atoms with Crippen LogP contribution in [0.3, 0.4) is 0 Å². The summed E-state index contributed by atoms with van der Waals surface area (Å²) in [4.78, 5) is 0. The third-order valence-corrected chi connectivity index (χ3v) is 5.11. The van der Waals surface area contributed by atoms with Gasteiger partial charge in [-0.1, -0.05) is 64.8 Å². The molecule has 0 aromatic heterocycles. The van der Waals surface area contributed by atoms with E-state index in [1.807, 2.05) is 6.07 Å². The number of rotatable bonds is 4. The van der Waals surface area contributed by atoms with Crippen molar-refractivity contribution >= 4 is 15.9 Å². The molecule has 2 N–H and O–H groups in total. The fraction of sp³-hybridized carbons (Fsp3) is 0.333. The predicted octanol–water partition coefficient (Wildman–Crippen LogP) is 4.96. The molecule has 0 bridgehead atoms. The maximum absolute atomic E-state index is 6.49. The molecular formula is C18H20BrN. The molecule has 0 spiro atoms. The first-order chi connectivity index (χ1) is 9.75. The Morgan fingerprint density at radius 3 is 2.45 bits per heavy atom. The molecule has 2 aromatic rings. The Labute approximate surface area is 129 Å². The Balaban J connectivity index is 1.83. The van der Waals surface area contributed by atoms with Crippen LogP contribution in [0.4, 0.5) is 0 Å². The number of nitrogens with two attached hydrogens (primary N) is 1. The lowest BCUT2D eigenvalue weighted by atomic mass is 9.77. The second-order valence-corrected chi connectivity index (χ2v) is 6.51. The molecule has 1 unspecified atom stereocenters. The summed E-state index contributed by atoms with van der Waals surface area (Å²) < 4.78 is 1.15. The molecule has 1 fully saturated rings. The first-order valence-electron chi connectivity index (χ1n) is 7.33. The Morgan fingerprint density at radius 2 is 1.75 bits per heavy atom. The van der Waals surface area contributed by atoms with Gasteiger partial charge in [0, 0.05) is 10.5 Å². The minimum atomic E-state index is 0.0745. The summed E-state index contributed by atoms with van der Waals surface area (Å²) in [5.74, 6) is 0.733. The molecular weight excluding hydrogens is 310 g/mol. The quantitative estimate of drug-likeness (QED) is 0.842. The normalized spacial score (nSPS) is 16.7. The van der Waals surface area contributed by atoms with Crippen molar-refractivity contribution in [2.45, 2.75) is 37.6 Å². The van der Waals surface area contributed by atoms with E-state index in [0.717, 1.165) is 16.8 Å². The summed E-state index contributed by atoms with van der Waals surface area (Å²) >= 11 is 3.61. The molecule has 0 saturated heterocycles. The Morgan fingerprint density at radius 1 is 1.05 bits per heavy atom. The van der Waals surface area contributed by atoms with Crippen molar-refractivity contribution in [3.05, 3.63) is 69.7 Å². The molecule has 1 aliphatic carbocycles. The van der Waals surface area contributed by atoms with Crippen LogP contribution < -0.4 is 5.73 Å². The van der Waals surface area contributed by atoms with Crippen LogP contribution in [0, 0.1) is 0 Å². The van der Waals surface area contributed by atoms with Gasteiger partial charge in [-0.05, 0) is 47.9 Å². The van der Waals surface area contributed by atoms with E-state index in [4.69, 9.17) is 5.73 Å². The maximum atomic E-state index is 6.49. The van der Waals surface area contributed by atoms with E-state index in [2.05, 4.69) is 58.4 Å². The van der Waals surface area contributed by atoms with E-state index in [1.54, 1.807) is 0 Å². The van der Waals surface area contributed by atoms with Gasteiger partial charge in [-0.25, -0.2) is 0 Å². The topological polar surface area (TPSA) is 26.0 Å². The van der Waals surface area contributed by atoms with Crippen LogP contribution in [0.2, 0.25) is 0 Å². The third kappa shape index (κ3) is 2.82. The van der Waals surface area contributed by atoms with Crippen LogP contribution >= 0.6 is 15.9 Å². The zero-order chi connectivity index (χ0) is 13.9. The minimum absolute atomic E-state index is 0.0745. The van der Waals surface area contributed by atoms with E-state index in [1.165, 1.54) is 36.0 Å². The smallest absolute Gasteiger partial charge is 0.0339 e. The number of hydrogen-bond donors (Lipinski definition) is 1. The van der Waals surface area contributed by atoms with E-state index in [9.17, 15) is 0 Å². The van der Waals surface area contributed by atoms with Gasteiger partial charge in [-0.2, -0.15) is 0 Å². The fourth-order valence-corrected chi connectivity index (χ4v) is 3.40. The highest BCUT2D eigenvalue weighted by molar-refractivity contribution is 9.10. The molecule has 0 radical (unpaired) electrons. The third-order valence-electron chi connectivity index (χ3n) is 4.34. The molecule has 2 heteroatoms. The first kappa shape index (κ1) is 13.8. The maximum Gasteiger partial charge on any atom is 0.0339 e. The molecule has 0 amide bonds. The highest BCUT2D eigenvalue weighted by Gasteiger charge is 2.23. The molecule has 0 aliphatic heterocycles. The van der Waals surface area contributed by atoms with Crippen molar-refractivity contribution in [2.24, 2.45) is 5.73 Å². The van der Waals surface area contributed by atoms with Crippen molar-refractivity contribution in [2.75, 3.05) is 0 Å². The SMILES string of the molecule is NC(Cc1ccccc1Br)c1ccccc1C1CCC1. The summed E-state index contributed by atoms with van der Waals surface area (Å²) in [5, 5.41) is 0. The molecule has 1 saturated carbocycles. The summed E-state index contributed by atoms with van der Waals surface area (Å²) in [6, 6.07) is 17.1. The second-order valence-electron chi connectivity index (χ2n) is 5.66. The molecule has 3 rings (SSSR count). The van der Waals surface area contributed by atoms with Crippen LogP contribution in [0.25, 0.3) is 0 Å². The summed E-state index contributed by atoms with van der Waals surface area (Å²) in [6.07, 6.45) is 4.88. The highest BCUT2D eigenvalue weighted by atomic mass is 79.9. The van der Waals surface area contributed by atoms with E-state index in [-0.39, 0.29) is 6.04 Å². The summed E-state index contributed by atoms with van der Waals surface area (Å²) in [5.41, 5.74) is 10.6. The highest BCUT2D eigenvalue weighted by Crippen LogP contribution is 2.39. The zero-order valence-corrected chi connectivity index (χ0v) is 13.1. The molecule has 1 nitrogen and oxygen atoms in total. The van der Waals surface area contributed by atoms with Gasteiger partial charge >= 0.3 is 0 Å². The monoisotopic (exact) mass is 329 g/mol. The Hall–Kier alpha value is -1.12. The number of benzene rings is 2. The van der Waals surface area contributed by atoms with Crippen molar-refractivity contribution < 1.29 is 0 Å². The van der Waals surface area contributed by atoms with Crippen LogP contribution in [0.5, 0.6) is 0 Å². The van der Waals surface area contributed by atoms with Gasteiger partial charge in [0.15, 0.2) is 0 Å². The molecule has 1 atom stereocenters. The summed E-state index contributed by atoms with van der Waals surface area (Å²) in [7, 11) is 0. The first-order valence-corrected chi connectivity index (χ1v) is 8.13. The van der Waals surface area contributed by atoms with Crippen LogP contribution in [-0.4, -0.2) is 0 Å². The molecule has 20 heavy (non-hydrogen) atoms.